The zero-order chi connectivity index (χ0) is 25.2. The Bertz CT molecular complexity index is 1530. The normalized spacial score (nSPS) is 12.7. The lowest BCUT2D eigenvalue weighted by Crippen LogP contribution is -2.34. The van der Waals surface area contributed by atoms with Crippen LogP contribution >= 0.6 is 35.0 Å². The number of carbonyl (C=O) groups excluding carboxylic acids is 2. The monoisotopic (exact) mass is 532 g/mol. The lowest BCUT2D eigenvalue weighted by Gasteiger charge is -2.19. The molecule has 2 heterocycles. The highest BCUT2D eigenvalue weighted by Crippen LogP contribution is 2.45. The number of nitrogens with one attached hydrogen (secondary N) is 1. The van der Waals surface area contributed by atoms with Gasteiger partial charge in [-0.05, 0) is 42.0 Å². The van der Waals surface area contributed by atoms with Crippen molar-refractivity contribution in [2.24, 2.45) is 5.92 Å². The van der Waals surface area contributed by atoms with E-state index in [2.05, 4.69) is 10.4 Å². The molecule has 1 aliphatic heterocycles. The molecular formula is C27H18Cl2N4O2S. The van der Waals surface area contributed by atoms with Crippen LogP contribution in [-0.2, 0) is 17.1 Å². The van der Waals surface area contributed by atoms with Crippen molar-refractivity contribution in [2.75, 3.05) is 0 Å². The minimum atomic E-state index is -1.54. The molecule has 0 aliphatic carbocycles. The van der Waals surface area contributed by atoms with E-state index >= 15 is 0 Å². The minimum absolute atomic E-state index is 0.0875. The van der Waals surface area contributed by atoms with Crippen molar-refractivity contribution in [3.05, 3.63) is 99.7 Å². The fraction of sp³-hybridized carbons (Fsp3) is 0.111. The van der Waals surface area contributed by atoms with E-state index in [1.807, 2.05) is 60.7 Å². The van der Waals surface area contributed by atoms with Crippen LogP contribution in [0.2, 0.25) is 10.0 Å². The number of carbonyl (C=O) groups is 2. The summed E-state index contributed by atoms with van der Waals surface area (Å²) in [6, 6.07) is 23.8. The maximum Gasteiger partial charge on any atom is 0.245 e. The van der Waals surface area contributed by atoms with E-state index in [1.165, 1.54) is 0 Å². The van der Waals surface area contributed by atoms with Gasteiger partial charge in [0.05, 0.1) is 17.5 Å². The summed E-state index contributed by atoms with van der Waals surface area (Å²) in [6.45, 7) is 0.210. The van der Waals surface area contributed by atoms with Gasteiger partial charge in [-0.15, -0.1) is 11.8 Å². The van der Waals surface area contributed by atoms with E-state index in [4.69, 9.17) is 23.2 Å². The van der Waals surface area contributed by atoms with E-state index in [0.29, 0.717) is 32.7 Å². The number of hydrogen-bond acceptors (Lipinski definition) is 5. The Kier molecular flexibility index (Phi) is 6.84. The average molecular weight is 533 g/mol. The van der Waals surface area contributed by atoms with Gasteiger partial charge in [0.1, 0.15) is 5.69 Å². The molecule has 1 amide bonds. The number of benzene rings is 3. The first kappa shape index (κ1) is 24.1. The van der Waals surface area contributed by atoms with E-state index in [1.54, 1.807) is 34.6 Å². The molecule has 1 aromatic heterocycles. The van der Waals surface area contributed by atoms with Gasteiger partial charge < -0.3 is 5.32 Å². The summed E-state index contributed by atoms with van der Waals surface area (Å²) in [7, 11) is 0. The Balaban J connectivity index is 1.56. The second-order valence-corrected chi connectivity index (χ2v) is 10.0. The van der Waals surface area contributed by atoms with Crippen molar-refractivity contribution in [1.29, 1.82) is 5.26 Å². The first-order valence-corrected chi connectivity index (χ1v) is 12.8. The number of ketones is 1. The number of amides is 1. The summed E-state index contributed by atoms with van der Waals surface area (Å²) >= 11 is 14.1. The number of halogens is 2. The zero-order valence-corrected chi connectivity index (χ0v) is 21.1. The number of nitrogens with zero attached hydrogens (tertiary/aromatic N) is 3. The zero-order valence-electron chi connectivity index (χ0n) is 18.7. The van der Waals surface area contributed by atoms with Crippen molar-refractivity contribution in [2.45, 2.75) is 17.2 Å². The number of rotatable bonds is 6. The Morgan fingerprint density at radius 1 is 1.06 bits per heavy atom. The van der Waals surface area contributed by atoms with Crippen LogP contribution in [0.3, 0.4) is 0 Å². The van der Waals surface area contributed by atoms with Gasteiger partial charge >= 0.3 is 0 Å². The molecular weight excluding hydrogens is 515 g/mol. The third kappa shape index (κ3) is 4.63. The van der Waals surface area contributed by atoms with Gasteiger partial charge in [0.2, 0.25) is 11.7 Å². The number of thioether (sulfide) groups is 1. The van der Waals surface area contributed by atoms with Crippen molar-refractivity contribution < 1.29 is 9.59 Å². The van der Waals surface area contributed by atoms with Crippen LogP contribution in [0.15, 0.2) is 77.7 Å². The number of fused-ring (bicyclic) bond motifs is 3. The molecule has 1 N–H and O–H groups in total. The smallest absolute Gasteiger partial charge is 0.245 e. The van der Waals surface area contributed by atoms with Gasteiger partial charge in [0, 0.05) is 38.4 Å². The first-order chi connectivity index (χ1) is 17.5. The summed E-state index contributed by atoms with van der Waals surface area (Å²) in [5.41, 5.74) is 3.76. The molecule has 36 heavy (non-hydrogen) atoms. The molecule has 1 atom stereocenters. The molecule has 1 unspecified atom stereocenters. The van der Waals surface area contributed by atoms with E-state index in [-0.39, 0.29) is 12.2 Å². The molecule has 1 aliphatic rings. The number of hydrogen-bond donors (Lipinski definition) is 1. The maximum atomic E-state index is 13.6. The molecule has 9 heteroatoms. The molecule has 0 saturated carbocycles. The SMILES string of the molecule is N#CC(C(=O)NCc1ccccc1)C(=O)c1nn(-c2cccc(Cl)c2)c2c1CSc1ccc(Cl)cc1-2. The Hall–Kier alpha value is -3.57. The third-order valence-corrected chi connectivity index (χ3v) is 7.37. The second kappa shape index (κ2) is 10.2. The summed E-state index contributed by atoms with van der Waals surface area (Å²) < 4.78 is 1.64. The Morgan fingerprint density at radius 2 is 1.83 bits per heavy atom. The van der Waals surface area contributed by atoms with Gasteiger partial charge in [0.25, 0.3) is 0 Å². The predicted molar refractivity (Wildman–Crippen MR) is 140 cm³/mol. The van der Waals surface area contributed by atoms with Crippen LogP contribution in [0.25, 0.3) is 16.9 Å². The van der Waals surface area contributed by atoms with Gasteiger partial charge in [-0.3, -0.25) is 9.59 Å². The summed E-state index contributed by atoms with van der Waals surface area (Å²) in [6.07, 6.45) is 0. The second-order valence-electron chi connectivity index (χ2n) is 8.13. The lowest BCUT2D eigenvalue weighted by atomic mass is 9.97. The van der Waals surface area contributed by atoms with Gasteiger partial charge in [-0.2, -0.15) is 10.4 Å². The molecule has 3 aromatic carbocycles. The van der Waals surface area contributed by atoms with Gasteiger partial charge in [-0.25, -0.2) is 4.68 Å². The predicted octanol–water partition coefficient (Wildman–Crippen LogP) is 6.09. The van der Waals surface area contributed by atoms with Crippen molar-refractivity contribution in [3.8, 4) is 23.0 Å². The first-order valence-electron chi connectivity index (χ1n) is 11.0. The van der Waals surface area contributed by atoms with Crippen LogP contribution < -0.4 is 5.32 Å². The van der Waals surface area contributed by atoms with E-state index in [9.17, 15) is 14.9 Å². The third-order valence-electron chi connectivity index (χ3n) is 5.80. The molecule has 0 saturated heterocycles. The van der Waals surface area contributed by atoms with Crippen molar-refractivity contribution in [3.63, 3.8) is 0 Å². The number of Topliss-reactive ketones (excluding diaryl/α,β-unsaturated/α-hetero) is 1. The van der Waals surface area contributed by atoms with Crippen LogP contribution in [-0.4, -0.2) is 21.5 Å². The van der Waals surface area contributed by atoms with Gasteiger partial charge in [0.15, 0.2) is 5.92 Å². The molecule has 0 bridgehead atoms. The number of nitriles is 1. The molecule has 0 radical (unpaired) electrons. The van der Waals surface area contributed by atoms with Crippen LogP contribution in [0.4, 0.5) is 0 Å². The largest absolute Gasteiger partial charge is 0.350 e. The van der Waals surface area contributed by atoms with Gasteiger partial charge in [-0.1, -0.05) is 59.6 Å². The molecule has 5 rings (SSSR count). The fourth-order valence-electron chi connectivity index (χ4n) is 4.08. The summed E-state index contributed by atoms with van der Waals surface area (Å²) in [4.78, 5) is 27.4. The summed E-state index contributed by atoms with van der Waals surface area (Å²) in [5.74, 6) is -2.39. The molecule has 4 aromatic rings. The average Bonchev–Trinajstić information content (AvgIpc) is 3.29. The maximum absolute atomic E-state index is 13.6. The van der Waals surface area contributed by atoms with Crippen molar-refractivity contribution >= 4 is 46.7 Å². The number of aromatic nitrogens is 2. The van der Waals surface area contributed by atoms with E-state index in [0.717, 1.165) is 16.0 Å². The van der Waals surface area contributed by atoms with Crippen LogP contribution in [0.1, 0.15) is 21.6 Å². The fourth-order valence-corrected chi connectivity index (χ4v) is 5.48. The molecule has 0 spiro atoms. The highest BCUT2D eigenvalue weighted by molar-refractivity contribution is 7.98. The Morgan fingerprint density at radius 3 is 2.58 bits per heavy atom. The highest BCUT2D eigenvalue weighted by atomic mass is 35.5. The Labute approximate surface area is 221 Å². The summed E-state index contributed by atoms with van der Waals surface area (Å²) in [5, 5.41) is 18.1. The van der Waals surface area contributed by atoms with E-state index < -0.39 is 17.6 Å². The van der Waals surface area contributed by atoms with Crippen LogP contribution in [0.5, 0.6) is 0 Å². The van der Waals surface area contributed by atoms with Crippen molar-refractivity contribution in [1.82, 2.24) is 15.1 Å². The minimum Gasteiger partial charge on any atom is -0.350 e. The lowest BCUT2D eigenvalue weighted by molar-refractivity contribution is -0.122. The standard InChI is InChI=1S/C27H18Cl2N4O2S/c28-17-7-4-8-19(11-17)33-25-20-12-18(29)9-10-23(20)36-15-22(25)24(32-33)26(34)21(13-30)27(35)31-14-16-5-2-1-3-6-16/h1-12,21H,14-15H2,(H,31,35). The molecule has 178 valence electrons. The highest BCUT2D eigenvalue weighted by Gasteiger charge is 2.35. The quantitative estimate of drug-likeness (QED) is 0.239. The molecule has 6 nitrogen and oxygen atoms in total. The van der Waals surface area contributed by atoms with Crippen LogP contribution in [0, 0.1) is 17.2 Å². The molecule has 0 fully saturated rings. The topological polar surface area (TPSA) is 87.8 Å².